The molecule has 1 aliphatic carbocycles. The summed E-state index contributed by atoms with van der Waals surface area (Å²) in [5.74, 6) is 2.65. The summed E-state index contributed by atoms with van der Waals surface area (Å²) in [6.07, 6.45) is 3.61. The van der Waals surface area contributed by atoms with Gasteiger partial charge in [-0.3, -0.25) is 0 Å². The van der Waals surface area contributed by atoms with Crippen molar-refractivity contribution in [2.24, 2.45) is 11.8 Å². The molecule has 0 aromatic carbocycles. The number of anilines is 2. The average Bonchev–Trinajstić information content (AvgIpc) is 3.20. The second kappa shape index (κ2) is 6.54. The van der Waals surface area contributed by atoms with Crippen molar-refractivity contribution in [3.63, 3.8) is 0 Å². The van der Waals surface area contributed by atoms with E-state index < -0.39 is 0 Å². The molecule has 2 aliphatic rings. The van der Waals surface area contributed by atoms with Gasteiger partial charge in [-0.15, -0.1) is 0 Å². The molecule has 5 nitrogen and oxygen atoms in total. The molecule has 120 valence electrons. The summed E-state index contributed by atoms with van der Waals surface area (Å²) in [5.41, 5.74) is 0. The van der Waals surface area contributed by atoms with Crippen molar-refractivity contribution < 1.29 is 0 Å². The summed E-state index contributed by atoms with van der Waals surface area (Å²) in [6.45, 7) is 6.56. The van der Waals surface area contributed by atoms with Crippen molar-refractivity contribution in [2.75, 3.05) is 23.3 Å². The van der Waals surface area contributed by atoms with Crippen LogP contribution in [0.4, 0.5) is 11.8 Å². The predicted molar refractivity (Wildman–Crippen MR) is 94.6 cm³/mol. The lowest BCUT2D eigenvalue weighted by Gasteiger charge is -2.35. The molecule has 0 radical (unpaired) electrons. The number of thiocarbonyl (C=S) groups is 1. The third-order valence-electron chi connectivity index (χ3n) is 4.01. The summed E-state index contributed by atoms with van der Waals surface area (Å²) < 4.78 is 0. The van der Waals surface area contributed by atoms with Crippen LogP contribution in [0.25, 0.3) is 0 Å². The third kappa shape index (κ3) is 4.20. The maximum atomic E-state index is 6.16. The number of nitrogens with zero attached hydrogens (tertiary/aromatic N) is 3. The van der Waals surface area contributed by atoms with Gasteiger partial charge in [-0.2, -0.15) is 4.98 Å². The van der Waals surface area contributed by atoms with Gasteiger partial charge in [0, 0.05) is 25.2 Å². The largest absolute Gasteiger partial charge is 0.360 e. The van der Waals surface area contributed by atoms with Crippen molar-refractivity contribution in [2.45, 2.75) is 39.2 Å². The summed E-state index contributed by atoms with van der Waals surface area (Å²) in [5, 5.41) is 7.26. The topological polar surface area (TPSA) is 53.1 Å². The molecule has 3 rings (SSSR count). The molecule has 22 heavy (non-hydrogen) atoms. The van der Waals surface area contributed by atoms with E-state index in [-0.39, 0.29) is 0 Å². The second-order valence-electron chi connectivity index (χ2n) is 6.60. The van der Waals surface area contributed by atoms with Gasteiger partial charge in [0.05, 0.1) is 0 Å². The summed E-state index contributed by atoms with van der Waals surface area (Å²) in [7, 11) is 0. The number of aromatic nitrogens is 2. The van der Waals surface area contributed by atoms with Crippen LogP contribution in [0.2, 0.25) is 5.15 Å². The molecule has 0 amide bonds. The van der Waals surface area contributed by atoms with Crippen LogP contribution in [-0.4, -0.2) is 34.2 Å². The number of hydrogen-bond acceptors (Lipinski definition) is 4. The van der Waals surface area contributed by atoms with Gasteiger partial charge in [-0.1, -0.05) is 25.4 Å². The molecule has 0 unspecified atom stereocenters. The van der Waals surface area contributed by atoms with Gasteiger partial charge in [0.25, 0.3) is 0 Å². The van der Waals surface area contributed by atoms with Gasteiger partial charge in [-0.05, 0) is 43.3 Å². The Morgan fingerprint density at radius 2 is 1.95 bits per heavy atom. The zero-order chi connectivity index (χ0) is 15.7. The highest BCUT2D eigenvalue weighted by molar-refractivity contribution is 7.80. The van der Waals surface area contributed by atoms with Crippen LogP contribution >= 0.6 is 23.8 Å². The molecule has 1 aliphatic heterocycles. The van der Waals surface area contributed by atoms with E-state index in [9.17, 15) is 0 Å². The number of nitrogens with one attached hydrogen (secondary N) is 2. The van der Waals surface area contributed by atoms with Crippen LogP contribution in [0.5, 0.6) is 0 Å². The van der Waals surface area contributed by atoms with Gasteiger partial charge < -0.3 is 15.5 Å². The van der Waals surface area contributed by atoms with Crippen LogP contribution in [0.15, 0.2) is 6.07 Å². The zero-order valence-electron chi connectivity index (χ0n) is 13.0. The SMILES string of the molecule is C[C@H]1C[C@H](C)CN(c2cc(Cl)nc(NC(=S)NC3CC3)n2)C1. The van der Waals surface area contributed by atoms with Crippen molar-refractivity contribution in [1.29, 1.82) is 0 Å². The number of halogens is 1. The van der Waals surface area contributed by atoms with Crippen LogP contribution in [0.3, 0.4) is 0 Å². The lowest BCUT2D eigenvalue weighted by molar-refractivity contribution is 0.355. The smallest absolute Gasteiger partial charge is 0.232 e. The molecule has 1 aromatic heterocycles. The lowest BCUT2D eigenvalue weighted by Crippen LogP contribution is -2.39. The van der Waals surface area contributed by atoms with Gasteiger partial charge >= 0.3 is 0 Å². The standard InChI is InChI=1S/C15H22ClN5S/c1-9-5-10(2)8-21(7-9)13-6-12(16)18-14(19-13)20-15(22)17-11-3-4-11/h6,9-11H,3-5,7-8H2,1-2H3,(H2,17,18,19,20,22)/t9-,10-/m0/s1. The minimum absolute atomic E-state index is 0.438. The van der Waals surface area contributed by atoms with Crippen molar-refractivity contribution in [3.05, 3.63) is 11.2 Å². The Morgan fingerprint density at radius 1 is 1.27 bits per heavy atom. The molecule has 1 aromatic rings. The van der Waals surface area contributed by atoms with E-state index in [0.29, 0.717) is 34.1 Å². The Labute approximate surface area is 141 Å². The maximum absolute atomic E-state index is 6.16. The molecule has 2 N–H and O–H groups in total. The fourth-order valence-corrected chi connectivity index (χ4v) is 3.46. The molecule has 2 atom stereocenters. The van der Waals surface area contributed by atoms with E-state index in [1.165, 1.54) is 19.3 Å². The minimum atomic E-state index is 0.438. The second-order valence-corrected chi connectivity index (χ2v) is 7.39. The van der Waals surface area contributed by atoms with Crippen molar-refractivity contribution >= 4 is 40.7 Å². The Bertz CT molecular complexity index is 553. The summed E-state index contributed by atoms with van der Waals surface area (Å²) >= 11 is 11.4. The first-order valence-corrected chi connectivity index (χ1v) is 8.65. The molecule has 1 saturated heterocycles. The first kappa shape index (κ1) is 15.7. The Morgan fingerprint density at radius 3 is 2.59 bits per heavy atom. The first-order valence-electron chi connectivity index (χ1n) is 7.86. The third-order valence-corrected chi connectivity index (χ3v) is 4.43. The molecule has 0 spiro atoms. The summed E-state index contributed by atoms with van der Waals surface area (Å²) in [6, 6.07) is 2.33. The van der Waals surface area contributed by atoms with Gasteiger partial charge in [0.2, 0.25) is 5.95 Å². The number of hydrogen-bond donors (Lipinski definition) is 2. The Hall–Kier alpha value is -1.14. The van der Waals surface area contributed by atoms with E-state index in [2.05, 4.69) is 39.3 Å². The highest BCUT2D eigenvalue weighted by atomic mass is 35.5. The Balaban J connectivity index is 1.72. The first-order chi connectivity index (χ1) is 10.5. The highest BCUT2D eigenvalue weighted by Crippen LogP contribution is 2.27. The monoisotopic (exact) mass is 339 g/mol. The quantitative estimate of drug-likeness (QED) is 0.652. The van der Waals surface area contributed by atoms with Gasteiger partial charge in [-0.25, -0.2) is 4.98 Å². The fourth-order valence-electron chi connectivity index (χ4n) is 3.02. The molecule has 2 fully saturated rings. The van der Waals surface area contributed by atoms with E-state index in [1.807, 2.05) is 6.07 Å². The normalized spacial score (nSPS) is 25.0. The lowest BCUT2D eigenvalue weighted by atomic mass is 9.92. The Kier molecular flexibility index (Phi) is 4.68. The maximum Gasteiger partial charge on any atom is 0.232 e. The van der Waals surface area contributed by atoms with E-state index in [0.717, 1.165) is 18.9 Å². The van der Waals surface area contributed by atoms with E-state index >= 15 is 0 Å². The van der Waals surface area contributed by atoms with Crippen LogP contribution in [0.1, 0.15) is 33.1 Å². The molecule has 2 heterocycles. The molecule has 0 bridgehead atoms. The molecule has 1 saturated carbocycles. The van der Waals surface area contributed by atoms with Gasteiger partial charge in [0.1, 0.15) is 11.0 Å². The number of rotatable bonds is 3. The minimum Gasteiger partial charge on any atom is -0.360 e. The van der Waals surface area contributed by atoms with Crippen LogP contribution < -0.4 is 15.5 Å². The van der Waals surface area contributed by atoms with Crippen molar-refractivity contribution in [1.82, 2.24) is 15.3 Å². The van der Waals surface area contributed by atoms with Crippen molar-refractivity contribution in [3.8, 4) is 0 Å². The van der Waals surface area contributed by atoms with Gasteiger partial charge in [0.15, 0.2) is 5.11 Å². The number of piperidine rings is 1. The average molecular weight is 340 g/mol. The van der Waals surface area contributed by atoms with E-state index in [4.69, 9.17) is 23.8 Å². The molecular formula is C15H22ClN5S. The fraction of sp³-hybridized carbons (Fsp3) is 0.667. The summed E-state index contributed by atoms with van der Waals surface area (Å²) in [4.78, 5) is 11.1. The van der Waals surface area contributed by atoms with E-state index in [1.54, 1.807) is 0 Å². The zero-order valence-corrected chi connectivity index (χ0v) is 14.5. The van der Waals surface area contributed by atoms with Crippen LogP contribution in [0, 0.1) is 11.8 Å². The highest BCUT2D eigenvalue weighted by Gasteiger charge is 2.24. The molecule has 7 heteroatoms. The van der Waals surface area contributed by atoms with Crippen LogP contribution in [-0.2, 0) is 0 Å². The molecular weight excluding hydrogens is 318 g/mol. The predicted octanol–water partition coefficient (Wildman–Crippen LogP) is 3.06.